The van der Waals surface area contributed by atoms with Crippen molar-refractivity contribution in [1.29, 1.82) is 0 Å². The lowest BCUT2D eigenvalue weighted by molar-refractivity contribution is 0.250. The number of aromatic nitrogens is 2. The molecule has 0 radical (unpaired) electrons. The van der Waals surface area contributed by atoms with Gasteiger partial charge in [-0.05, 0) is 60.8 Å². The Labute approximate surface area is 176 Å². The zero-order valence-electron chi connectivity index (χ0n) is 18.3. The van der Waals surface area contributed by atoms with Gasteiger partial charge in [0.2, 0.25) is 0 Å². The maximum Gasteiger partial charge on any atom is 0.162 e. The van der Waals surface area contributed by atoms with Crippen LogP contribution in [-0.4, -0.2) is 9.97 Å². The Bertz CT molecular complexity index is 733. The van der Waals surface area contributed by atoms with E-state index in [0.29, 0.717) is 11.4 Å². The molecule has 1 aromatic heterocycles. The molecule has 0 saturated heterocycles. The lowest BCUT2D eigenvalue weighted by Crippen LogP contribution is -2.15. The van der Waals surface area contributed by atoms with Crippen LogP contribution in [0, 0.1) is 17.7 Å². The van der Waals surface area contributed by atoms with E-state index in [1.54, 1.807) is 6.07 Å². The molecule has 0 unspecified atom stereocenters. The Kier molecular flexibility index (Phi) is 8.64. The third kappa shape index (κ3) is 6.62. The summed E-state index contributed by atoms with van der Waals surface area (Å²) in [5, 5.41) is 0. The Hall–Kier alpha value is -1.77. The van der Waals surface area contributed by atoms with Gasteiger partial charge in [0, 0.05) is 12.4 Å². The molecule has 0 atom stereocenters. The first-order chi connectivity index (χ1) is 14.2. The highest BCUT2D eigenvalue weighted by Crippen LogP contribution is 2.34. The van der Waals surface area contributed by atoms with E-state index >= 15 is 0 Å². The van der Waals surface area contributed by atoms with Crippen LogP contribution < -0.4 is 0 Å². The lowest BCUT2D eigenvalue weighted by Gasteiger charge is -2.28. The molecule has 0 amide bonds. The van der Waals surface area contributed by atoms with Crippen LogP contribution in [0.15, 0.2) is 30.6 Å². The van der Waals surface area contributed by atoms with Crippen LogP contribution in [0.4, 0.5) is 4.39 Å². The second kappa shape index (κ2) is 11.4. The van der Waals surface area contributed by atoms with Gasteiger partial charge in [-0.15, -0.1) is 0 Å². The average Bonchev–Trinajstić information content (AvgIpc) is 2.76. The van der Waals surface area contributed by atoms with Crippen molar-refractivity contribution in [2.24, 2.45) is 11.8 Å². The molecule has 3 heteroatoms. The SMILES string of the molecule is CCCCc1cnc(-c2ccc(CC[C@H]3CC[C@H](CCCC)CC3)cc2F)nc1. The monoisotopic (exact) mass is 396 g/mol. The van der Waals surface area contributed by atoms with Crippen molar-refractivity contribution in [3.8, 4) is 11.4 Å². The van der Waals surface area contributed by atoms with Gasteiger partial charge in [0.15, 0.2) is 5.82 Å². The van der Waals surface area contributed by atoms with Gasteiger partial charge in [0.25, 0.3) is 0 Å². The van der Waals surface area contributed by atoms with E-state index in [2.05, 4.69) is 29.9 Å². The topological polar surface area (TPSA) is 25.8 Å². The normalized spacial score (nSPS) is 19.4. The van der Waals surface area contributed by atoms with E-state index in [0.717, 1.165) is 48.6 Å². The Morgan fingerprint density at radius 2 is 1.48 bits per heavy atom. The minimum absolute atomic E-state index is 0.202. The number of nitrogens with zero attached hydrogens (tertiary/aromatic N) is 2. The fourth-order valence-corrected chi connectivity index (χ4v) is 4.57. The molecule has 29 heavy (non-hydrogen) atoms. The maximum atomic E-state index is 14.7. The third-order valence-corrected chi connectivity index (χ3v) is 6.57. The minimum atomic E-state index is -0.202. The van der Waals surface area contributed by atoms with Crippen molar-refractivity contribution in [1.82, 2.24) is 9.97 Å². The van der Waals surface area contributed by atoms with Crippen LogP contribution in [0.2, 0.25) is 0 Å². The van der Waals surface area contributed by atoms with E-state index < -0.39 is 0 Å². The smallest absolute Gasteiger partial charge is 0.162 e. The Balaban J connectivity index is 1.51. The quantitative estimate of drug-likeness (QED) is 0.414. The highest BCUT2D eigenvalue weighted by Gasteiger charge is 2.20. The number of benzene rings is 1. The number of halogens is 1. The van der Waals surface area contributed by atoms with Crippen molar-refractivity contribution in [3.05, 3.63) is 47.5 Å². The molecule has 0 bridgehead atoms. The van der Waals surface area contributed by atoms with Gasteiger partial charge in [0.05, 0.1) is 5.56 Å². The fourth-order valence-electron chi connectivity index (χ4n) is 4.57. The Morgan fingerprint density at radius 3 is 2.10 bits per heavy atom. The van der Waals surface area contributed by atoms with Gasteiger partial charge in [0.1, 0.15) is 5.82 Å². The van der Waals surface area contributed by atoms with Crippen LogP contribution in [0.1, 0.15) is 89.2 Å². The van der Waals surface area contributed by atoms with Gasteiger partial charge in [-0.2, -0.15) is 0 Å². The summed E-state index contributed by atoms with van der Waals surface area (Å²) < 4.78 is 14.7. The molecule has 1 fully saturated rings. The summed E-state index contributed by atoms with van der Waals surface area (Å²) in [5.74, 6) is 2.05. The van der Waals surface area contributed by atoms with Crippen LogP contribution in [0.5, 0.6) is 0 Å². The summed E-state index contributed by atoms with van der Waals surface area (Å²) in [6.07, 6.45) is 18.7. The van der Waals surface area contributed by atoms with Gasteiger partial charge in [-0.3, -0.25) is 0 Å². The molecule has 0 N–H and O–H groups in total. The number of aryl methyl sites for hydroxylation is 2. The van der Waals surface area contributed by atoms with E-state index in [-0.39, 0.29) is 5.82 Å². The van der Waals surface area contributed by atoms with Crippen molar-refractivity contribution in [2.75, 3.05) is 0 Å². The van der Waals surface area contributed by atoms with Crippen molar-refractivity contribution in [2.45, 2.75) is 90.9 Å². The van der Waals surface area contributed by atoms with Crippen LogP contribution in [-0.2, 0) is 12.8 Å². The van der Waals surface area contributed by atoms with E-state index in [1.165, 1.54) is 51.4 Å². The van der Waals surface area contributed by atoms with Gasteiger partial charge in [-0.1, -0.05) is 71.3 Å². The average molecular weight is 397 g/mol. The summed E-state index contributed by atoms with van der Waals surface area (Å²) in [6.45, 7) is 4.45. The van der Waals surface area contributed by atoms with E-state index in [4.69, 9.17) is 0 Å². The summed E-state index contributed by atoms with van der Waals surface area (Å²) in [7, 11) is 0. The number of hydrogen-bond donors (Lipinski definition) is 0. The molecule has 2 nitrogen and oxygen atoms in total. The molecule has 0 aliphatic heterocycles. The Morgan fingerprint density at radius 1 is 0.828 bits per heavy atom. The van der Waals surface area contributed by atoms with Crippen LogP contribution in [0.25, 0.3) is 11.4 Å². The van der Waals surface area contributed by atoms with E-state index in [1.807, 2.05) is 18.5 Å². The predicted octanol–water partition coefficient (Wildman–Crippen LogP) is 7.55. The molecule has 158 valence electrons. The van der Waals surface area contributed by atoms with Crippen LogP contribution in [0.3, 0.4) is 0 Å². The molecule has 2 aromatic rings. The lowest BCUT2D eigenvalue weighted by atomic mass is 9.78. The number of hydrogen-bond acceptors (Lipinski definition) is 2. The fraction of sp³-hybridized carbons (Fsp3) is 0.615. The summed E-state index contributed by atoms with van der Waals surface area (Å²) >= 11 is 0. The second-order valence-corrected chi connectivity index (χ2v) is 8.90. The van der Waals surface area contributed by atoms with Crippen LogP contribution >= 0.6 is 0 Å². The molecular formula is C26H37FN2. The highest BCUT2D eigenvalue weighted by molar-refractivity contribution is 5.56. The second-order valence-electron chi connectivity index (χ2n) is 8.90. The van der Waals surface area contributed by atoms with E-state index in [9.17, 15) is 4.39 Å². The first kappa shape index (κ1) is 21.9. The van der Waals surface area contributed by atoms with Gasteiger partial charge >= 0.3 is 0 Å². The molecule has 1 aliphatic rings. The first-order valence-electron chi connectivity index (χ1n) is 11.8. The minimum Gasteiger partial charge on any atom is -0.236 e. The molecule has 1 heterocycles. The molecular weight excluding hydrogens is 359 g/mol. The molecule has 1 saturated carbocycles. The van der Waals surface area contributed by atoms with Gasteiger partial charge < -0.3 is 0 Å². The summed E-state index contributed by atoms with van der Waals surface area (Å²) in [4.78, 5) is 8.78. The predicted molar refractivity (Wildman–Crippen MR) is 119 cm³/mol. The third-order valence-electron chi connectivity index (χ3n) is 6.57. The van der Waals surface area contributed by atoms with Crippen molar-refractivity contribution < 1.29 is 4.39 Å². The molecule has 1 aromatic carbocycles. The molecule has 1 aliphatic carbocycles. The molecule has 3 rings (SSSR count). The summed E-state index contributed by atoms with van der Waals surface area (Å²) in [6, 6.07) is 5.60. The maximum absolute atomic E-state index is 14.7. The van der Waals surface area contributed by atoms with Crippen molar-refractivity contribution in [3.63, 3.8) is 0 Å². The first-order valence-corrected chi connectivity index (χ1v) is 11.8. The number of unbranched alkanes of at least 4 members (excludes halogenated alkanes) is 2. The largest absolute Gasteiger partial charge is 0.236 e. The zero-order valence-corrected chi connectivity index (χ0v) is 18.3. The molecule has 0 spiro atoms. The standard InChI is InChI=1S/C26H37FN2/c1-3-5-7-20-9-11-21(12-10-20)13-14-22-15-16-24(25(27)17-22)26-28-18-23(19-29-26)8-6-4-2/h15-21H,3-14H2,1-2H3/t20-,21-. The zero-order chi connectivity index (χ0) is 20.5. The van der Waals surface area contributed by atoms with Gasteiger partial charge in [-0.25, -0.2) is 14.4 Å². The van der Waals surface area contributed by atoms with Crippen molar-refractivity contribution >= 4 is 0 Å². The number of rotatable bonds is 10. The summed E-state index contributed by atoms with van der Waals surface area (Å²) in [5.41, 5.74) is 2.73. The highest BCUT2D eigenvalue weighted by atomic mass is 19.1.